The molecule has 9 heteroatoms. The maximum Gasteiger partial charge on any atom is 0.433 e. The van der Waals surface area contributed by atoms with E-state index in [1.807, 2.05) is 12.1 Å². The summed E-state index contributed by atoms with van der Waals surface area (Å²) in [5.74, 6) is 0.610. The van der Waals surface area contributed by atoms with Crippen LogP contribution < -0.4 is 4.74 Å². The Bertz CT molecular complexity index is 1020. The molecule has 0 unspecified atom stereocenters. The minimum atomic E-state index is -4.49. The molecule has 1 aliphatic heterocycles. The standard InChI is InChI=1S/C17H10F3N5O/c18-17(19,20)14-2-1-10(8-22-14)11-5-9-3-4-26-16(9)12(6-11)15-13(7-21)23-25-24-15/h1-2,5-6,8H,3-4H2,(H,23,24,25). The Kier molecular flexibility index (Phi) is 3.61. The maximum atomic E-state index is 12.7. The molecule has 3 heterocycles. The molecule has 1 N–H and O–H groups in total. The highest BCUT2D eigenvalue weighted by atomic mass is 19.4. The fourth-order valence-corrected chi connectivity index (χ4v) is 2.88. The van der Waals surface area contributed by atoms with E-state index in [1.54, 1.807) is 6.07 Å². The van der Waals surface area contributed by atoms with Crippen molar-refractivity contribution in [2.24, 2.45) is 0 Å². The van der Waals surface area contributed by atoms with Crippen LogP contribution in [0.5, 0.6) is 5.75 Å². The van der Waals surface area contributed by atoms with Crippen LogP contribution >= 0.6 is 0 Å². The predicted octanol–water partition coefficient (Wildman–Crippen LogP) is 3.36. The number of halogens is 3. The van der Waals surface area contributed by atoms with Crippen LogP contribution in [0.1, 0.15) is 17.0 Å². The van der Waals surface area contributed by atoms with E-state index in [2.05, 4.69) is 20.4 Å². The van der Waals surface area contributed by atoms with Crippen molar-refractivity contribution in [1.82, 2.24) is 20.4 Å². The Balaban J connectivity index is 1.84. The van der Waals surface area contributed by atoms with Gasteiger partial charge in [-0.3, -0.25) is 4.98 Å². The quantitative estimate of drug-likeness (QED) is 0.760. The number of nitrogens with zero attached hydrogens (tertiary/aromatic N) is 4. The third-order valence-corrected chi connectivity index (χ3v) is 4.08. The Labute approximate surface area is 145 Å². The number of aromatic nitrogens is 4. The lowest BCUT2D eigenvalue weighted by molar-refractivity contribution is -0.141. The van der Waals surface area contributed by atoms with Gasteiger partial charge in [0.1, 0.15) is 23.2 Å². The van der Waals surface area contributed by atoms with E-state index < -0.39 is 11.9 Å². The summed E-state index contributed by atoms with van der Waals surface area (Å²) in [5, 5.41) is 19.4. The van der Waals surface area contributed by atoms with Gasteiger partial charge in [-0.1, -0.05) is 6.07 Å². The molecule has 0 aliphatic carbocycles. The number of fused-ring (bicyclic) bond motifs is 1. The van der Waals surface area contributed by atoms with E-state index in [0.29, 0.717) is 41.2 Å². The van der Waals surface area contributed by atoms with Gasteiger partial charge in [-0.2, -0.15) is 28.7 Å². The number of benzene rings is 1. The van der Waals surface area contributed by atoms with Gasteiger partial charge in [0.15, 0.2) is 5.69 Å². The van der Waals surface area contributed by atoms with Crippen LogP contribution in [0.25, 0.3) is 22.4 Å². The number of rotatable bonds is 2. The van der Waals surface area contributed by atoms with Gasteiger partial charge in [0.2, 0.25) is 0 Å². The molecule has 0 atom stereocenters. The van der Waals surface area contributed by atoms with Gasteiger partial charge in [-0.15, -0.1) is 5.10 Å². The summed E-state index contributed by atoms with van der Waals surface area (Å²) in [6.07, 6.45) is -2.65. The van der Waals surface area contributed by atoms with E-state index in [9.17, 15) is 18.4 Å². The smallest absolute Gasteiger partial charge is 0.433 e. The Hall–Kier alpha value is -3.41. The number of pyridine rings is 1. The second-order valence-electron chi connectivity index (χ2n) is 5.67. The van der Waals surface area contributed by atoms with Crippen molar-refractivity contribution in [1.29, 1.82) is 5.26 Å². The molecule has 3 aromatic rings. The van der Waals surface area contributed by atoms with Gasteiger partial charge in [-0.25, -0.2) is 0 Å². The number of alkyl halides is 3. The summed E-state index contributed by atoms with van der Waals surface area (Å²) in [5.41, 5.74) is 2.16. The number of nitriles is 1. The highest BCUT2D eigenvalue weighted by Gasteiger charge is 2.32. The molecular weight excluding hydrogens is 347 g/mol. The van der Waals surface area contributed by atoms with Crippen LogP contribution in [0, 0.1) is 11.3 Å². The molecule has 0 amide bonds. The zero-order valence-electron chi connectivity index (χ0n) is 13.1. The summed E-state index contributed by atoms with van der Waals surface area (Å²) >= 11 is 0. The lowest BCUT2D eigenvalue weighted by atomic mass is 9.97. The zero-order chi connectivity index (χ0) is 18.3. The molecular formula is C17H10F3N5O. The summed E-state index contributed by atoms with van der Waals surface area (Å²) < 4.78 is 43.8. The minimum absolute atomic E-state index is 0.116. The topological polar surface area (TPSA) is 87.5 Å². The molecule has 0 radical (unpaired) electrons. The van der Waals surface area contributed by atoms with E-state index in [4.69, 9.17) is 4.74 Å². The SMILES string of the molecule is N#Cc1n[nH]nc1-c1cc(-c2ccc(C(F)(F)F)nc2)cc2c1OCC2. The lowest BCUT2D eigenvalue weighted by Gasteiger charge is -2.11. The highest BCUT2D eigenvalue weighted by Crippen LogP contribution is 2.40. The van der Waals surface area contributed by atoms with Crippen molar-refractivity contribution < 1.29 is 17.9 Å². The van der Waals surface area contributed by atoms with Crippen molar-refractivity contribution in [3.8, 4) is 34.2 Å². The van der Waals surface area contributed by atoms with Crippen LogP contribution in [0.15, 0.2) is 30.5 Å². The van der Waals surface area contributed by atoms with E-state index in [-0.39, 0.29) is 5.69 Å². The van der Waals surface area contributed by atoms with E-state index >= 15 is 0 Å². The van der Waals surface area contributed by atoms with Crippen molar-refractivity contribution in [2.45, 2.75) is 12.6 Å². The van der Waals surface area contributed by atoms with E-state index in [0.717, 1.165) is 11.6 Å². The average molecular weight is 357 g/mol. The summed E-state index contributed by atoms with van der Waals surface area (Å²) in [7, 11) is 0. The lowest BCUT2D eigenvalue weighted by Crippen LogP contribution is -2.07. The fraction of sp³-hybridized carbons (Fsp3) is 0.176. The first-order valence-electron chi connectivity index (χ1n) is 7.62. The molecule has 4 rings (SSSR count). The molecule has 0 spiro atoms. The Morgan fingerprint density at radius 2 is 2.00 bits per heavy atom. The largest absolute Gasteiger partial charge is 0.492 e. The first kappa shape index (κ1) is 16.1. The van der Waals surface area contributed by atoms with Gasteiger partial charge in [-0.05, 0) is 29.3 Å². The molecule has 26 heavy (non-hydrogen) atoms. The van der Waals surface area contributed by atoms with E-state index in [1.165, 1.54) is 12.3 Å². The summed E-state index contributed by atoms with van der Waals surface area (Å²) in [6.45, 7) is 0.483. The van der Waals surface area contributed by atoms with Crippen LogP contribution in [0.2, 0.25) is 0 Å². The van der Waals surface area contributed by atoms with Gasteiger partial charge in [0.25, 0.3) is 0 Å². The number of hydrogen-bond donors (Lipinski definition) is 1. The second-order valence-corrected chi connectivity index (χ2v) is 5.67. The van der Waals surface area contributed by atoms with Gasteiger partial charge >= 0.3 is 6.18 Å². The maximum absolute atomic E-state index is 12.7. The molecule has 0 saturated heterocycles. The average Bonchev–Trinajstić information content (AvgIpc) is 3.29. The molecule has 6 nitrogen and oxygen atoms in total. The van der Waals surface area contributed by atoms with Crippen molar-refractivity contribution >= 4 is 0 Å². The normalized spacial score (nSPS) is 13.2. The fourth-order valence-electron chi connectivity index (χ4n) is 2.88. The van der Waals surface area contributed by atoms with Crippen LogP contribution in [-0.2, 0) is 12.6 Å². The number of aromatic amines is 1. The first-order valence-corrected chi connectivity index (χ1v) is 7.62. The van der Waals surface area contributed by atoms with Crippen LogP contribution in [0.4, 0.5) is 13.2 Å². The third kappa shape index (κ3) is 2.65. The second kappa shape index (κ2) is 5.84. The van der Waals surface area contributed by atoms with Crippen LogP contribution in [-0.4, -0.2) is 27.0 Å². The molecule has 0 bridgehead atoms. The number of nitrogens with one attached hydrogen (secondary N) is 1. The summed E-state index contributed by atoms with van der Waals surface area (Å²) in [4.78, 5) is 3.50. The van der Waals surface area contributed by atoms with Gasteiger partial charge in [0, 0.05) is 23.7 Å². The first-order chi connectivity index (χ1) is 12.5. The molecule has 130 valence electrons. The molecule has 1 aromatic carbocycles. The van der Waals surface area contributed by atoms with Crippen molar-refractivity contribution in [3.05, 3.63) is 47.4 Å². The number of hydrogen-bond acceptors (Lipinski definition) is 5. The Morgan fingerprint density at radius 1 is 1.15 bits per heavy atom. The van der Waals surface area contributed by atoms with Gasteiger partial charge < -0.3 is 4.74 Å². The van der Waals surface area contributed by atoms with Crippen molar-refractivity contribution in [2.75, 3.05) is 6.61 Å². The zero-order valence-corrected chi connectivity index (χ0v) is 13.1. The summed E-state index contributed by atoms with van der Waals surface area (Å²) in [6, 6.07) is 7.82. The number of H-pyrrole nitrogens is 1. The third-order valence-electron chi connectivity index (χ3n) is 4.08. The van der Waals surface area contributed by atoms with Gasteiger partial charge in [0.05, 0.1) is 6.61 Å². The molecule has 2 aromatic heterocycles. The van der Waals surface area contributed by atoms with Crippen LogP contribution in [0.3, 0.4) is 0 Å². The minimum Gasteiger partial charge on any atom is -0.492 e. The number of ether oxygens (including phenoxy) is 1. The molecule has 0 saturated carbocycles. The molecule has 1 aliphatic rings. The predicted molar refractivity (Wildman–Crippen MR) is 84.0 cm³/mol. The van der Waals surface area contributed by atoms with Crippen molar-refractivity contribution in [3.63, 3.8) is 0 Å². The molecule has 0 fully saturated rings. The monoisotopic (exact) mass is 357 g/mol. The highest BCUT2D eigenvalue weighted by molar-refractivity contribution is 5.80. The Morgan fingerprint density at radius 3 is 2.69 bits per heavy atom.